The molecule has 0 heterocycles. The number of sulfonamides is 1. The third-order valence-electron chi connectivity index (χ3n) is 3.31. The number of benzene rings is 1. The van der Waals surface area contributed by atoms with Gasteiger partial charge in [0.15, 0.2) is 11.5 Å². The second kappa shape index (κ2) is 9.42. The third-order valence-corrected chi connectivity index (χ3v) is 4.76. The summed E-state index contributed by atoms with van der Waals surface area (Å²) in [6, 6.07) is 2.51. The molecule has 2 N–H and O–H groups in total. The van der Waals surface area contributed by atoms with Crippen LogP contribution in [0.5, 0.6) is 0 Å². The number of rotatable bonds is 9. The first kappa shape index (κ1) is 21.0. The number of hydrogen-bond donors (Lipinski definition) is 2. The van der Waals surface area contributed by atoms with Gasteiger partial charge in [-0.15, -0.1) is 0 Å². The molecule has 10 heteroatoms. The molecule has 0 aromatic heterocycles. The molecule has 0 unspecified atom stereocenters. The van der Waals surface area contributed by atoms with Crippen LogP contribution in [0.1, 0.15) is 26.7 Å². The number of carbonyl (C=O) groups is 2. The van der Waals surface area contributed by atoms with E-state index in [0.717, 1.165) is 18.2 Å². The Morgan fingerprint density at radius 1 is 1.16 bits per heavy atom. The lowest BCUT2D eigenvalue weighted by Crippen LogP contribution is -2.38. The molecule has 140 valence electrons. The van der Waals surface area contributed by atoms with Gasteiger partial charge in [0.25, 0.3) is 5.91 Å². The van der Waals surface area contributed by atoms with E-state index in [1.165, 1.54) is 0 Å². The lowest BCUT2D eigenvalue weighted by atomic mass is 10.2. The summed E-state index contributed by atoms with van der Waals surface area (Å²) in [4.78, 5) is 21.9. The highest BCUT2D eigenvalue weighted by molar-refractivity contribution is 7.89. The molecule has 1 aromatic rings. The molecule has 0 aliphatic rings. The van der Waals surface area contributed by atoms with Crippen molar-refractivity contribution in [2.45, 2.75) is 37.6 Å². The largest absolute Gasteiger partial charge is 0.455 e. The Kier molecular flexibility index (Phi) is 7.91. The van der Waals surface area contributed by atoms with Crippen LogP contribution in [-0.4, -0.2) is 39.5 Å². The maximum absolute atomic E-state index is 13.5. The summed E-state index contributed by atoms with van der Waals surface area (Å²) in [5.41, 5.74) is 0. The first-order chi connectivity index (χ1) is 11.7. The van der Waals surface area contributed by atoms with Crippen molar-refractivity contribution < 1.29 is 31.5 Å². The zero-order valence-electron chi connectivity index (χ0n) is 13.8. The molecule has 0 saturated heterocycles. The molecule has 0 saturated carbocycles. The predicted molar refractivity (Wildman–Crippen MR) is 85.0 cm³/mol. The van der Waals surface area contributed by atoms with Crippen molar-refractivity contribution in [3.63, 3.8) is 0 Å². The smallest absolute Gasteiger partial charge is 0.321 e. The van der Waals surface area contributed by atoms with Gasteiger partial charge in [0, 0.05) is 6.04 Å². The molecule has 1 amide bonds. The lowest BCUT2D eigenvalue weighted by molar-refractivity contribution is -0.147. The minimum atomic E-state index is -4.58. The number of hydrogen-bond acceptors (Lipinski definition) is 5. The van der Waals surface area contributed by atoms with Gasteiger partial charge in [-0.05, 0) is 25.0 Å². The minimum absolute atomic E-state index is 0.0475. The van der Waals surface area contributed by atoms with Gasteiger partial charge in [-0.3, -0.25) is 9.59 Å². The Morgan fingerprint density at radius 2 is 1.72 bits per heavy atom. The molecule has 1 rings (SSSR count). The minimum Gasteiger partial charge on any atom is -0.455 e. The highest BCUT2D eigenvalue weighted by Gasteiger charge is 2.24. The highest BCUT2D eigenvalue weighted by Crippen LogP contribution is 2.17. The van der Waals surface area contributed by atoms with Crippen LogP contribution in [0.15, 0.2) is 23.1 Å². The fraction of sp³-hybridized carbons (Fsp3) is 0.467. The Balaban J connectivity index is 2.55. The highest BCUT2D eigenvalue weighted by atomic mass is 32.2. The summed E-state index contributed by atoms with van der Waals surface area (Å²) in [5.74, 6) is -4.15. The third kappa shape index (κ3) is 6.39. The van der Waals surface area contributed by atoms with Crippen LogP contribution < -0.4 is 10.0 Å². The first-order valence-electron chi connectivity index (χ1n) is 7.59. The molecule has 7 nitrogen and oxygen atoms in total. The van der Waals surface area contributed by atoms with E-state index in [1.807, 2.05) is 13.8 Å². The van der Waals surface area contributed by atoms with Crippen molar-refractivity contribution in [3.05, 3.63) is 29.8 Å². The van der Waals surface area contributed by atoms with Gasteiger partial charge >= 0.3 is 5.97 Å². The molecule has 0 fully saturated rings. The summed E-state index contributed by atoms with van der Waals surface area (Å²) in [6.45, 7) is 2.33. The normalized spacial score (nSPS) is 11.4. The van der Waals surface area contributed by atoms with Gasteiger partial charge in [-0.25, -0.2) is 17.2 Å². The van der Waals surface area contributed by atoms with Gasteiger partial charge in [-0.2, -0.15) is 4.72 Å². The molecule has 0 bridgehead atoms. The van der Waals surface area contributed by atoms with E-state index in [2.05, 4.69) is 10.1 Å². The van der Waals surface area contributed by atoms with Gasteiger partial charge < -0.3 is 10.1 Å². The zero-order valence-corrected chi connectivity index (χ0v) is 14.7. The molecule has 1 aromatic carbocycles. The molecule has 25 heavy (non-hydrogen) atoms. The SMILES string of the molecule is CCC(CC)NC(=O)COC(=O)CNS(=O)(=O)c1c(F)cccc1F. The second-order valence-corrected chi connectivity index (χ2v) is 6.82. The van der Waals surface area contributed by atoms with Crippen molar-refractivity contribution >= 4 is 21.9 Å². The van der Waals surface area contributed by atoms with Crippen LogP contribution in [0.25, 0.3) is 0 Å². The topological polar surface area (TPSA) is 102 Å². The molecule has 0 aliphatic heterocycles. The first-order valence-corrected chi connectivity index (χ1v) is 9.08. The van der Waals surface area contributed by atoms with E-state index in [0.29, 0.717) is 12.8 Å². The maximum Gasteiger partial charge on any atom is 0.321 e. The van der Waals surface area contributed by atoms with Crippen LogP contribution >= 0.6 is 0 Å². The summed E-state index contributed by atoms with van der Waals surface area (Å²) in [7, 11) is -4.58. The van der Waals surface area contributed by atoms with Crippen molar-refractivity contribution in [2.24, 2.45) is 0 Å². The Morgan fingerprint density at radius 3 is 2.24 bits per heavy atom. The number of nitrogens with one attached hydrogen (secondary N) is 2. The fourth-order valence-electron chi connectivity index (χ4n) is 1.92. The van der Waals surface area contributed by atoms with Crippen molar-refractivity contribution in [3.8, 4) is 0 Å². The Labute approximate surface area is 144 Å². The van der Waals surface area contributed by atoms with Crippen LogP contribution in [-0.2, 0) is 24.3 Å². The average Bonchev–Trinajstić information content (AvgIpc) is 2.55. The van der Waals surface area contributed by atoms with Gasteiger partial charge in [0.05, 0.1) is 0 Å². The zero-order chi connectivity index (χ0) is 19.0. The molecule has 0 radical (unpaired) electrons. The molecule has 0 atom stereocenters. The van der Waals surface area contributed by atoms with E-state index < -0.39 is 51.6 Å². The average molecular weight is 378 g/mol. The van der Waals surface area contributed by atoms with Gasteiger partial charge in [0.2, 0.25) is 10.0 Å². The molecular formula is C15H20F2N2O5S. The van der Waals surface area contributed by atoms with E-state index in [9.17, 15) is 26.8 Å². The van der Waals surface area contributed by atoms with Gasteiger partial charge in [0.1, 0.15) is 18.2 Å². The standard InChI is InChI=1S/C15H20F2N2O5S/c1-3-10(4-2)19-13(20)9-24-14(21)8-18-25(22,23)15-11(16)6-5-7-12(15)17/h5-7,10,18H,3-4,8-9H2,1-2H3,(H,19,20). The number of amides is 1. The molecule has 0 aliphatic carbocycles. The number of ether oxygens (including phenoxy) is 1. The Hall–Kier alpha value is -2.07. The second-order valence-electron chi connectivity index (χ2n) is 5.12. The number of carbonyl (C=O) groups excluding carboxylic acids is 2. The monoisotopic (exact) mass is 378 g/mol. The predicted octanol–water partition coefficient (Wildman–Crippen LogP) is 1.09. The van der Waals surface area contributed by atoms with Gasteiger partial charge in [-0.1, -0.05) is 19.9 Å². The van der Waals surface area contributed by atoms with Crippen LogP contribution in [0.3, 0.4) is 0 Å². The van der Waals surface area contributed by atoms with Crippen LogP contribution in [0, 0.1) is 11.6 Å². The molecule has 0 spiro atoms. The lowest BCUT2D eigenvalue weighted by Gasteiger charge is -2.14. The Bertz CT molecular complexity index is 700. The van der Waals surface area contributed by atoms with Crippen LogP contribution in [0.4, 0.5) is 8.78 Å². The van der Waals surface area contributed by atoms with E-state index in [-0.39, 0.29) is 6.04 Å². The quantitative estimate of drug-likeness (QED) is 0.627. The van der Waals surface area contributed by atoms with Crippen molar-refractivity contribution in [1.82, 2.24) is 10.0 Å². The van der Waals surface area contributed by atoms with E-state index >= 15 is 0 Å². The van der Waals surface area contributed by atoms with E-state index in [4.69, 9.17) is 0 Å². The fourth-order valence-corrected chi connectivity index (χ4v) is 3.03. The number of esters is 1. The number of halogens is 2. The summed E-state index contributed by atoms with van der Waals surface area (Å²) >= 11 is 0. The van der Waals surface area contributed by atoms with Crippen molar-refractivity contribution in [1.29, 1.82) is 0 Å². The summed E-state index contributed by atoms with van der Waals surface area (Å²) < 4.78 is 57.0. The maximum atomic E-state index is 13.5. The summed E-state index contributed by atoms with van der Waals surface area (Å²) in [5, 5.41) is 2.63. The van der Waals surface area contributed by atoms with E-state index in [1.54, 1.807) is 4.72 Å². The van der Waals surface area contributed by atoms with Crippen LogP contribution in [0.2, 0.25) is 0 Å². The van der Waals surface area contributed by atoms with Crippen molar-refractivity contribution in [2.75, 3.05) is 13.2 Å². The molecular weight excluding hydrogens is 358 g/mol. The summed E-state index contributed by atoms with van der Waals surface area (Å²) in [6.07, 6.45) is 1.42.